The number of rotatable bonds is 2. The summed E-state index contributed by atoms with van der Waals surface area (Å²) < 4.78 is 5.69. The predicted molar refractivity (Wildman–Crippen MR) is 62.6 cm³/mol. The van der Waals surface area contributed by atoms with Crippen LogP contribution < -0.4 is 4.74 Å². The van der Waals surface area contributed by atoms with Gasteiger partial charge >= 0.3 is 0 Å². The van der Waals surface area contributed by atoms with Gasteiger partial charge < -0.3 is 9.72 Å². The van der Waals surface area contributed by atoms with Crippen LogP contribution in [0.4, 0.5) is 0 Å². The van der Waals surface area contributed by atoms with Gasteiger partial charge in [-0.1, -0.05) is 18.2 Å². The van der Waals surface area contributed by atoms with E-state index in [1.165, 1.54) is 0 Å². The minimum atomic E-state index is 0.604. The number of ether oxygens (including phenoxy) is 1. The number of H-pyrrole nitrogens is 1. The molecule has 0 amide bonds. The van der Waals surface area contributed by atoms with Gasteiger partial charge in [0.05, 0.1) is 0 Å². The fourth-order valence-corrected chi connectivity index (χ4v) is 1.65. The van der Waals surface area contributed by atoms with Gasteiger partial charge in [0.1, 0.15) is 0 Å². The fourth-order valence-electron chi connectivity index (χ4n) is 1.65. The van der Waals surface area contributed by atoms with Crippen molar-refractivity contribution in [3.05, 3.63) is 54.9 Å². The second kappa shape index (κ2) is 3.70. The van der Waals surface area contributed by atoms with Crippen molar-refractivity contribution in [3.63, 3.8) is 0 Å². The summed E-state index contributed by atoms with van der Waals surface area (Å²) in [6.07, 6.45) is 3.56. The number of para-hydroxylation sites is 1. The first-order chi connectivity index (χ1) is 7.93. The van der Waals surface area contributed by atoms with Gasteiger partial charge in [0.25, 0.3) is 0 Å². The van der Waals surface area contributed by atoms with E-state index in [9.17, 15) is 0 Å². The Morgan fingerprint density at radius 1 is 1.00 bits per heavy atom. The minimum Gasteiger partial charge on any atom is -0.437 e. The van der Waals surface area contributed by atoms with Crippen molar-refractivity contribution < 1.29 is 4.74 Å². The summed E-state index contributed by atoms with van der Waals surface area (Å²) in [7, 11) is 0. The van der Waals surface area contributed by atoms with Crippen LogP contribution in [0.15, 0.2) is 54.9 Å². The first kappa shape index (κ1) is 8.97. The highest BCUT2D eigenvalue weighted by Crippen LogP contribution is 2.28. The van der Waals surface area contributed by atoms with Crippen molar-refractivity contribution in [1.82, 2.24) is 9.97 Å². The lowest BCUT2D eigenvalue weighted by Crippen LogP contribution is -1.84. The Balaban J connectivity index is 2.01. The molecule has 16 heavy (non-hydrogen) atoms. The van der Waals surface area contributed by atoms with Crippen molar-refractivity contribution in [2.75, 3.05) is 0 Å². The van der Waals surface area contributed by atoms with E-state index in [0.29, 0.717) is 5.88 Å². The van der Waals surface area contributed by atoms with Crippen LogP contribution in [-0.2, 0) is 0 Å². The van der Waals surface area contributed by atoms with Gasteiger partial charge in [-0.25, -0.2) is 4.98 Å². The highest BCUT2D eigenvalue weighted by Gasteiger charge is 2.04. The van der Waals surface area contributed by atoms with E-state index in [0.717, 1.165) is 16.7 Å². The molecule has 3 heteroatoms. The van der Waals surface area contributed by atoms with Crippen LogP contribution in [0.25, 0.3) is 10.9 Å². The molecule has 1 aromatic carbocycles. The molecule has 0 saturated heterocycles. The van der Waals surface area contributed by atoms with E-state index in [2.05, 4.69) is 9.97 Å². The summed E-state index contributed by atoms with van der Waals surface area (Å²) >= 11 is 0. The third kappa shape index (κ3) is 1.52. The van der Waals surface area contributed by atoms with Gasteiger partial charge in [-0.05, 0) is 18.2 Å². The molecule has 0 aliphatic rings. The zero-order valence-corrected chi connectivity index (χ0v) is 8.55. The van der Waals surface area contributed by atoms with E-state index < -0.39 is 0 Å². The summed E-state index contributed by atoms with van der Waals surface area (Å²) in [5, 5.41) is 1.06. The van der Waals surface area contributed by atoms with E-state index in [1.807, 2.05) is 48.7 Å². The molecule has 78 valence electrons. The Bertz CT molecular complexity index is 601. The molecule has 0 spiro atoms. The predicted octanol–water partition coefficient (Wildman–Crippen LogP) is 3.36. The molecule has 0 aliphatic heterocycles. The molecular formula is C13H10N2O. The third-order valence-corrected chi connectivity index (χ3v) is 2.40. The number of hydrogen-bond acceptors (Lipinski definition) is 2. The number of fused-ring (bicyclic) bond motifs is 1. The average Bonchev–Trinajstić information content (AvgIpc) is 2.74. The maximum Gasteiger partial charge on any atom is 0.219 e. The first-order valence-corrected chi connectivity index (χ1v) is 5.08. The molecule has 3 nitrogen and oxygen atoms in total. The van der Waals surface area contributed by atoms with Gasteiger partial charge in [-0.2, -0.15) is 0 Å². The lowest BCUT2D eigenvalue weighted by Gasteiger charge is -2.01. The standard InChI is InChI=1S/C13H10N2O/c1-2-6-11-10(5-1)12(9-15-11)16-13-7-3-4-8-14-13/h1-9,15H. The summed E-state index contributed by atoms with van der Waals surface area (Å²) in [6, 6.07) is 13.6. The van der Waals surface area contributed by atoms with Crippen molar-refractivity contribution in [1.29, 1.82) is 0 Å². The van der Waals surface area contributed by atoms with Crippen LogP contribution in [0.5, 0.6) is 11.6 Å². The molecule has 3 rings (SSSR count). The summed E-state index contributed by atoms with van der Waals surface area (Å²) in [5.74, 6) is 1.40. The number of hydrogen-bond donors (Lipinski definition) is 1. The fraction of sp³-hybridized carbons (Fsp3) is 0. The Kier molecular flexibility index (Phi) is 2.07. The lowest BCUT2D eigenvalue weighted by atomic mass is 10.2. The van der Waals surface area contributed by atoms with E-state index in [4.69, 9.17) is 4.74 Å². The number of aromatic nitrogens is 2. The summed E-state index contributed by atoms with van der Waals surface area (Å²) in [4.78, 5) is 7.28. The second-order valence-electron chi connectivity index (χ2n) is 3.47. The van der Waals surface area contributed by atoms with Gasteiger partial charge in [-0.3, -0.25) is 0 Å². The number of nitrogens with one attached hydrogen (secondary N) is 1. The number of aromatic amines is 1. The molecule has 0 unspecified atom stereocenters. The Morgan fingerprint density at radius 2 is 1.88 bits per heavy atom. The van der Waals surface area contributed by atoms with E-state index in [1.54, 1.807) is 6.20 Å². The molecule has 0 saturated carbocycles. The van der Waals surface area contributed by atoms with Crippen LogP contribution in [0.2, 0.25) is 0 Å². The Hall–Kier alpha value is -2.29. The second-order valence-corrected chi connectivity index (χ2v) is 3.47. The van der Waals surface area contributed by atoms with Crippen molar-refractivity contribution in [2.45, 2.75) is 0 Å². The van der Waals surface area contributed by atoms with Crippen LogP contribution in [0.1, 0.15) is 0 Å². The lowest BCUT2D eigenvalue weighted by molar-refractivity contribution is 0.468. The molecule has 0 aliphatic carbocycles. The Labute approximate surface area is 92.7 Å². The van der Waals surface area contributed by atoms with Gasteiger partial charge in [0, 0.05) is 29.4 Å². The van der Waals surface area contributed by atoms with Crippen molar-refractivity contribution in [2.24, 2.45) is 0 Å². The zero-order chi connectivity index (χ0) is 10.8. The van der Waals surface area contributed by atoms with Crippen molar-refractivity contribution in [3.8, 4) is 11.6 Å². The molecule has 0 bridgehead atoms. The minimum absolute atomic E-state index is 0.604. The third-order valence-electron chi connectivity index (χ3n) is 2.40. The van der Waals surface area contributed by atoms with E-state index in [-0.39, 0.29) is 0 Å². The van der Waals surface area contributed by atoms with Crippen molar-refractivity contribution >= 4 is 10.9 Å². The first-order valence-electron chi connectivity index (χ1n) is 5.08. The zero-order valence-electron chi connectivity index (χ0n) is 8.55. The normalized spacial score (nSPS) is 10.5. The molecule has 2 aromatic heterocycles. The molecule has 0 radical (unpaired) electrons. The molecule has 0 atom stereocenters. The highest BCUT2D eigenvalue weighted by atomic mass is 16.5. The van der Waals surface area contributed by atoms with Crippen LogP contribution in [-0.4, -0.2) is 9.97 Å². The largest absolute Gasteiger partial charge is 0.437 e. The average molecular weight is 210 g/mol. The maximum atomic E-state index is 5.69. The molecule has 0 fully saturated rings. The topological polar surface area (TPSA) is 37.9 Å². The van der Waals surface area contributed by atoms with Gasteiger partial charge in [-0.15, -0.1) is 0 Å². The van der Waals surface area contributed by atoms with Gasteiger partial charge in [0.2, 0.25) is 5.88 Å². The number of benzene rings is 1. The molecule has 2 heterocycles. The van der Waals surface area contributed by atoms with Crippen LogP contribution in [0, 0.1) is 0 Å². The maximum absolute atomic E-state index is 5.69. The Morgan fingerprint density at radius 3 is 2.75 bits per heavy atom. The molecular weight excluding hydrogens is 200 g/mol. The summed E-state index contributed by atoms with van der Waals surface area (Å²) in [5.41, 5.74) is 1.06. The summed E-state index contributed by atoms with van der Waals surface area (Å²) in [6.45, 7) is 0. The smallest absolute Gasteiger partial charge is 0.219 e. The monoisotopic (exact) mass is 210 g/mol. The number of pyridine rings is 1. The molecule has 1 N–H and O–H groups in total. The van der Waals surface area contributed by atoms with Crippen LogP contribution >= 0.6 is 0 Å². The van der Waals surface area contributed by atoms with Crippen LogP contribution in [0.3, 0.4) is 0 Å². The molecule has 3 aromatic rings. The highest BCUT2D eigenvalue weighted by molar-refractivity contribution is 5.86. The van der Waals surface area contributed by atoms with Gasteiger partial charge in [0.15, 0.2) is 5.75 Å². The SMILES string of the molecule is c1ccc(Oc2c[nH]c3ccccc23)nc1. The quantitative estimate of drug-likeness (QED) is 0.704. The van der Waals surface area contributed by atoms with E-state index >= 15 is 0 Å². The number of nitrogens with zero attached hydrogens (tertiary/aromatic N) is 1.